The average Bonchev–Trinajstić information content (AvgIpc) is 3.36. The Hall–Kier alpha value is -3.87. The summed E-state index contributed by atoms with van der Waals surface area (Å²) in [7, 11) is 1.81. The van der Waals surface area contributed by atoms with Gasteiger partial charge in [0, 0.05) is 54.3 Å². The first-order chi connectivity index (χ1) is 20.0. The fourth-order valence-electron chi connectivity index (χ4n) is 6.57. The molecule has 6 heteroatoms. The van der Waals surface area contributed by atoms with E-state index in [-0.39, 0.29) is 0 Å². The van der Waals surface area contributed by atoms with Crippen LogP contribution in [0.25, 0.3) is 22.4 Å². The van der Waals surface area contributed by atoms with Crippen molar-refractivity contribution < 1.29 is 4.74 Å². The molecule has 2 unspecified atom stereocenters. The number of fused-ring (bicyclic) bond motifs is 1. The number of nitrogens with two attached hydrogens (primary N) is 1. The summed E-state index contributed by atoms with van der Waals surface area (Å²) in [5.41, 5.74) is 16.3. The molecule has 1 aliphatic carbocycles. The fraction of sp³-hybridized carbons (Fsp3) is 0.343. The van der Waals surface area contributed by atoms with Gasteiger partial charge in [-0.05, 0) is 85.9 Å². The highest BCUT2D eigenvalue weighted by molar-refractivity contribution is 6.14. The van der Waals surface area contributed by atoms with Gasteiger partial charge in [0.2, 0.25) is 0 Å². The molecule has 0 spiro atoms. The Labute approximate surface area is 243 Å². The number of hydrogen-bond acceptors (Lipinski definition) is 6. The first kappa shape index (κ1) is 27.3. The maximum absolute atomic E-state index is 8.96. The van der Waals surface area contributed by atoms with Gasteiger partial charge in [0.25, 0.3) is 0 Å². The van der Waals surface area contributed by atoms with Crippen molar-refractivity contribution in [1.29, 1.82) is 5.41 Å². The van der Waals surface area contributed by atoms with Gasteiger partial charge in [-0.1, -0.05) is 48.5 Å². The van der Waals surface area contributed by atoms with Gasteiger partial charge in [-0.3, -0.25) is 15.3 Å². The molecule has 1 aliphatic heterocycles. The van der Waals surface area contributed by atoms with E-state index in [1.54, 1.807) is 0 Å². The predicted octanol–water partition coefficient (Wildman–Crippen LogP) is 6.33. The van der Waals surface area contributed by atoms with Gasteiger partial charge < -0.3 is 10.5 Å². The lowest BCUT2D eigenvalue weighted by molar-refractivity contribution is 0.144. The second-order valence-electron chi connectivity index (χ2n) is 11.6. The van der Waals surface area contributed by atoms with Gasteiger partial charge in [-0.15, -0.1) is 0 Å². The Morgan fingerprint density at radius 3 is 2.51 bits per heavy atom. The van der Waals surface area contributed by atoms with Gasteiger partial charge in [-0.25, -0.2) is 4.98 Å². The van der Waals surface area contributed by atoms with E-state index >= 15 is 0 Å². The topological polar surface area (TPSA) is 88.1 Å². The molecule has 6 nitrogen and oxygen atoms in total. The predicted molar refractivity (Wildman–Crippen MR) is 166 cm³/mol. The maximum atomic E-state index is 8.96. The van der Waals surface area contributed by atoms with Gasteiger partial charge in [-0.2, -0.15) is 0 Å². The van der Waals surface area contributed by atoms with Crippen molar-refractivity contribution in [2.24, 2.45) is 5.92 Å². The van der Waals surface area contributed by atoms with E-state index in [1.807, 2.05) is 55.9 Å². The number of pyridine rings is 2. The summed E-state index contributed by atoms with van der Waals surface area (Å²) in [6.45, 7) is 5.29. The lowest BCUT2D eigenvalue weighted by Crippen LogP contribution is -2.34. The van der Waals surface area contributed by atoms with Crippen LogP contribution in [0, 0.1) is 18.3 Å². The number of likely N-dealkylation sites (tertiary alicyclic amines) is 1. The van der Waals surface area contributed by atoms with E-state index in [0.29, 0.717) is 29.1 Å². The average molecular weight is 546 g/mol. The number of nitrogens with one attached hydrogen (secondary N) is 1. The van der Waals surface area contributed by atoms with Crippen molar-refractivity contribution in [3.8, 4) is 22.4 Å². The molecule has 210 valence electrons. The number of aromatic nitrogens is 2. The lowest BCUT2D eigenvalue weighted by atomic mass is 9.95. The molecule has 0 bridgehead atoms. The third kappa shape index (κ3) is 5.81. The molecule has 0 amide bonds. The van der Waals surface area contributed by atoms with Gasteiger partial charge in [0.05, 0.1) is 18.0 Å². The van der Waals surface area contributed by atoms with E-state index in [2.05, 4.69) is 46.1 Å². The SMILES string of the molecule is COCC1CCN(C2CCc3ccc(-c4cnc(N)c(C(=N)c5ccc(-c6ncccc6C)cc5)c4)cc3CC2)C1. The molecule has 41 heavy (non-hydrogen) atoms. The number of ether oxygens (including phenoxy) is 1. The van der Waals surface area contributed by atoms with Crippen molar-refractivity contribution >= 4 is 11.5 Å². The molecule has 3 N–H and O–H groups in total. The lowest BCUT2D eigenvalue weighted by Gasteiger charge is -2.26. The molecular weight excluding hydrogens is 506 g/mol. The Kier molecular flexibility index (Phi) is 7.95. The minimum Gasteiger partial charge on any atom is -0.384 e. The molecular formula is C35H39N5O. The van der Waals surface area contributed by atoms with Crippen molar-refractivity contribution in [2.45, 2.75) is 45.1 Å². The minimum absolute atomic E-state index is 0.371. The van der Waals surface area contributed by atoms with Crippen molar-refractivity contribution in [1.82, 2.24) is 14.9 Å². The molecule has 3 heterocycles. The summed E-state index contributed by atoms with van der Waals surface area (Å²) in [4.78, 5) is 11.7. The molecule has 2 atom stereocenters. The Bertz CT molecular complexity index is 1550. The summed E-state index contributed by atoms with van der Waals surface area (Å²) in [6.07, 6.45) is 9.51. The van der Waals surface area contributed by atoms with Crippen LogP contribution in [0.1, 0.15) is 47.1 Å². The quantitative estimate of drug-likeness (QED) is 0.209. The van der Waals surface area contributed by atoms with Crippen LogP contribution in [0.3, 0.4) is 0 Å². The van der Waals surface area contributed by atoms with Crippen LogP contribution in [0.5, 0.6) is 0 Å². The minimum atomic E-state index is 0.371. The van der Waals surface area contributed by atoms with E-state index < -0.39 is 0 Å². The smallest absolute Gasteiger partial charge is 0.132 e. The summed E-state index contributed by atoms with van der Waals surface area (Å²) >= 11 is 0. The highest BCUT2D eigenvalue weighted by Gasteiger charge is 2.29. The van der Waals surface area contributed by atoms with Gasteiger partial charge in [0.1, 0.15) is 5.82 Å². The Morgan fingerprint density at radius 1 is 0.951 bits per heavy atom. The van der Waals surface area contributed by atoms with Crippen LogP contribution < -0.4 is 5.73 Å². The number of hydrogen-bond donors (Lipinski definition) is 2. The highest BCUT2D eigenvalue weighted by atomic mass is 16.5. The molecule has 2 aromatic carbocycles. The van der Waals surface area contributed by atoms with Crippen LogP contribution in [-0.4, -0.2) is 53.4 Å². The van der Waals surface area contributed by atoms with Crippen LogP contribution >= 0.6 is 0 Å². The number of anilines is 1. The summed E-state index contributed by atoms with van der Waals surface area (Å²) in [5, 5.41) is 8.96. The molecule has 2 aromatic heterocycles. The molecule has 1 saturated heterocycles. The second kappa shape index (κ2) is 11.9. The molecule has 6 rings (SSSR count). The van der Waals surface area contributed by atoms with Crippen LogP contribution in [-0.2, 0) is 17.6 Å². The first-order valence-corrected chi connectivity index (χ1v) is 14.7. The molecule has 0 radical (unpaired) electrons. The zero-order chi connectivity index (χ0) is 28.3. The fourth-order valence-corrected chi connectivity index (χ4v) is 6.57. The van der Waals surface area contributed by atoms with E-state index in [1.165, 1.54) is 36.9 Å². The van der Waals surface area contributed by atoms with Crippen LogP contribution in [0.15, 0.2) is 73.1 Å². The van der Waals surface area contributed by atoms with Gasteiger partial charge >= 0.3 is 0 Å². The molecule has 0 saturated carbocycles. The Balaban J connectivity index is 1.19. The number of rotatable bonds is 7. The Morgan fingerprint density at radius 2 is 1.73 bits per heavy atom. The van der Waals surface area contributed by atoms with E-state index in [0.717, 1.165) is 59.5 Å². The summed E-state index contributed by atoms with van der Waals surface area (Å²) < 4.78 is 5.42. The standard InChI is InChI=1S/C35H39N5O/c1-23-4-3-16-38-34(23)27-8-6-26(7-9-27)33(36)32-19-30(20-39-35(32)37)29-10-5-25-11-13-31(14-12-28(25)18-29)40-17-15-24(21-40)22-41-2/h3-10,16,18-20,24,31,36H,11-15,17,21-22H2,1-2H3,(H2,37,39). The second-order valence-corrected chi connectivity index (χ2v) is 11.6. The number of nitrogens with zero attached hydrogens (tertiary/aromatic N) is 3. The van der Waals surface area contributed by atoms with Crippen LogP contribution in [0.4, 0.5) is 5.82 Å². The zero-order valence-electron chi connectivity index (χ0n) is 24.1. The third-order valence-corrected chi connectivity index (χ3v) is 8.91. The number of nitrogen functional groups attached to an aromatic ring is 1. The van der Waals surface area contributed by atoms with Crippen LogP contribution in [0.2, 0.25) is 0 Å². The number of methoxy groups -OCH3 is 1. The third-order valence-electron chi connectivity index (χ3n) is 8.91. The monoisotopic (exact) mass is 545 g/mol. The van der Waals surface area contributed by atoms with Crippen molar-refractivity contribution in [3.05, 3.63) is 101 Å². The van der Waals surface area contributed by atoms with E-state index in [4.69, 9.17) is 15.9 Å². The van der Waals surface area contributed by atoms with Gasteiger partial charge in [0.15, 0.2) is 0 Å². The summed E-state index contributed by atoms with van der Waals surface area (Å²) in [5.74, 6) is 1.05. The maximum Gasteiger partial charge on any atom is 0.132 e. The molecule has 2 aliphatic rings. The molecule has 4 aromatic rings. The van der Waals surface area contributed by atoms with E-state index in [9.17, 15) is 0 Å². The zero-order valence-corrected chi connectivity index (χ0v) is 24.1. The normalized spacial score (nSPS) is 19.1. The number of aryl methyl sites for hydroxylation is 3. The highest BCUT2D eigenvalue weighted by Crippen LogP contribution is 2.32. The van der Waals surface area contributed by atoms with Crippen molar-refractivity contribution in [2.75, 3.05) is 32.5 Å². The van der Waals surface area contributed by atoms with Crippen molar-refractivity contribution in [3.63, 3.8) is 0 Å². The summed E-state index contributed by atoms with van der Waals surface area (Å²) in [6, 6.07) is 21.5. The molecule has 1 fully saturated rings. The largest absolute Gasteiger partial charge is 0.384 e. The number of benzene rings is 2. The first-order valence-electron chi connectivity index (χ1n) is 14.7.